The van der Waals surface area contributed by atoms with Crippen LogP contribution in [0.4, 0.5) is 0 Å². The Morgan fingerprint density at radius 3 is 1.75 bits per heavy atom. The fourth-order valence-electron chi connectivity index (χ4n) is 7.60. The van der Waals surface area contributed by atoms with Crippen LogP contribution in [-0.4, -0.2) is 75.6 Å². The monoisotopic (exact) mass is 554 g/mol. The number of hydrogen-bond acceptors (Lipinski definition) is 3. The summed E-state index contributed by atoms with van der Waals surface area (Å²) in [7, 11) is 20.4. The number of nitriles is 1. The highest BCUT2D eigenvalue weighted by Gasteiger charge is 2.25. The lowest BCUT2D eigenvalue weighted by Crippen LogP contribution is -2.51. The molecule has 0 saturated heterocycles. The number of para-hydroxylation sites is 1. The first-order chi connectivity index (χ1) is 21.1. The molecule has 0 radical (unpaired) electrons. The molecule has 0 bridgehead atoms. The standard InChI is InChI=1S/C32H27B9N2O/c33-22-17(18-19(24(35)28(39)27(38)23(18)34)20-21(22)26(37)30(41)29(40)25(20)36)14-5-3-4-13-16-11(10-42)7-8-12(32(16)44-31(13)14)15-6-1-2-9-43-15/h1-9H,33-41H2. The zero-order valence-electron chi connectivity index (χ0n) is 27.0. The van der Waals surface area contributed by atoms with Crippen molar-refractivity contribution in [1.29, 1.82) is 5.26 Å². The number of rotatable bonds is 2. The van der Waals surface area contributed by atoms with E-state index in [1.54, 1.807) is 6.20 Å². The highest BCUT2D eigenvalue weighted by molar-refractivity contribution is 6.73. The van der Waals surface area contributed by atoms with Crippen LogP contribution in [0.5, 0.6) is 0 Å². The second kappa shape index (κ2) is 10.1. The van der Waals surface area contributed by atoms with Crippen LogP contribution in [0, 0.1) is 11.3 Å². The van der Waals surface area contributed by atoms with Gasteiger partial charge in [-0.15, -0.1) is 21.9 Å². The molecule has 0 saturated carbocycles. The van der Waals surface area contributed by atoms with Crippen molar-refractivity contribution in [3.8, 4) is 28.5 Å². The molecule has 44 heavy (non-hydrogen) atoms. The van der Waals surface area contributed by atoms with Gasteiger partial charge >= 0.3 is 0 Å². The molecule has 0 atom stereocenters. The topological polar surface area (TPSA) is 49.8 Å². The average Bonchev–Trinajstić information content (AvgIpc) is 3.44. The predicted octanol–water partition coefficient (Wildman–Crippen LogP) is -7.18. The highest BCUT2D eigenvalue weighted by atomic mass is 16.3. The summed E-state index contributed by atoms with van der Waals surface area (Å²) in [5, 5.41) is 17.3. The summed E-state index contributed by atoms with van der Waals surface area (Å²) in [5.41, 5.74) is 18.1. The lowest BCUT2D eigenvalue weighted by Gasteiger charge is -2.27. The van der Waals surface area contributed by atoms with Crippen molar-refractivity contribution in [3.05, 3.63) is 60.3 Å². The smallest absolute Gasteiger partial charge is 0.146 e. The molecule has 3 nitrogen and oxygen atoms in total. The van der Waals surface area contributed by atoms with Crippen LogP contribution in [0.1, 0.15) is 5.56 Å². The van der Waals surface area contributed by atoms with Gasteiger partial charge in [0.15, 0.2) is 0 Å². The SMILES string of the molecule is Bc1c(B)c(B)c2c(c1B)c(B)c(-c1cccc3c1oc1c(-c4ccccn4)ccc(C#N)c13)c1c(B)c(B)c(B)c(B)c12. The molecule has 7 aromatic rings. The third kappa shape index (κ3) is 3.72. The molecule has 7 rings (SSSR count). The van der Waals surface area contributed by atoms with Crippen molar-refractivity contribution < 1.29 is 4.42 Å². The molecule has 0 unspecified atom stereocenters. The minimum Gasteiger partial charge on any atom is -0.455 e. The van der Waals surface area contributed by atoms with Crippen LogP contribution < -0.4 is 49.2 Å². The zero-order chi connectivity index (χ0) is 31.2. The molecule has 0 fully saturated rings. The van der Waals surface area contributed by atoms with Gasteiger partial charge in [0.25, 0.3) is 0 Å². The van der Waals surface area contributed by atoms with E-state index < -0.39 is 0 Å². The van der Waals surface area contributed by atoms with E-state index >= 15 is 0 Å². The molecule has 2 aromatic heterocycles. The lowest BCUT2D eigenvalue weighted by molar-refractivity contribution is 0.671. The summed E-state index contributed by atoms with van der Waals surface area (Å²) in [6.07, 6.45) is 1.79. The fraction of sp³-hybridized carbons (Fsp3) is 0. The maximum Gasteiger partial charge on any atom is 0.146 e. The summed E-state index contributed by atoms with van der Waals surface area (Å²) in [6, 6.07) is 18.5. The Bertz CT molecular complexity index is 2450. The maximum absolute atomic E-state index is 10.2. The first-order valence-corrected chi connectivity index (χ1v) is 15.3. The Labute approximate surface area is 265 Å². The van der Waals surface area contributed by atoms with Crippen molar-refractivity contribution in [2.75, 3.05) is 0 Å². The van der Waals surface area contributed by atoms with Gasteiger partial charge in [0, 0.05) is 28.1 Å². The van der Waals surface area contributed by atoms with E-state index in [0.717, 1.165) is 33.2 Å². The van der Waals surface area contributed by atoms with Gasteiger partial charge in [-0.25, -0.2) is 0 Å². The second-order valence-corrected chi connectivity index (χ2v) is 12.5. The van der Waals surface area contributed by atoms with Gasteiger partial charge in [-0.3, -0.25) is 4.98 Å². The minimum absolute atomic E-state index is 0.603. The van der Waals surface area contributed by atoms with Crippen LogP contribution in [0.15, 0.2) is 59.1 Å². The number of aromatic nitrogens is 1. The molecule has 5 aromatic carbocycles. The first kappa shape index (κ1) is 28.4. The van der Waals surface area contributed by atoms with Crippen molar-refractivity contribution >= 4 is 163 Å². The van der Waals surface area contributed by atoms with E-state index in [0.29, 0.717) is 11.1 Å². The Hall–Kier alpha value is -4.36. The molecule has 0 aliphatic carbocycles. The molecule has 12 heteroatoms. The Morgan fingerprint density at radius 1 is 0.523 bits per heavy atom. The number of benzene rings is 5. The van der Waals surface area contributed by atoms with E-state index in [1.807, 2.05) is 30.3 Å². The summed E-state index contributed by atoms with van der Waals surface area (Å²) in [5.74, 6) is 0. The maximum atomic E-state index is 10.2. The van der Waals surface area contributed by atoms with E-state index in [1.165, 1.54) is 76.3 Å². The van der Waals surface area contributed by atoms with Gasteiger partial charge in [-0.2, -0.15) is 5.26 Å². The number of hydrogen-bond donors (Lipinski definition) is 0. The molecular formula is C32H27B9N2O. The summed E-state index contributed by atoms with van der Waals surface area (Å²) < 4.78 is 6.91. The molecule has 0 N–H and O–H groups in total. The third-order valence-electron chi connectivity index (χ3n) is 10.6. The molecule has 0 spiro atoms. The Balaban J connectivity index is 1.74. The van der Waals surface area contributed by atoms with Gasteiger partial charge < -0.3 is 4.42 Å². The molecule has 2 heterocycles. The van der Waals surface area contributed by atoms with Gasteiger partial charge in [-0.05, 0) is 51.4 Å². The average molecular weight is 553 g/mol. The highest BCUT2D eigenvalue weighted by Crippen LogP contribution is 2.42. The van der Waals surface area contributed by atoms with Crippen molar-refractivity contribution in [3.63, 3.8) is 0 Å². The van der Waals surface area contributed by atoms with E-state index in [4.69, 9.17) is 4.42 Å². The largest absolute Gasteiger partial charge is 0.455 e. The Kier molecular flexibility index (Phi) is 6.52. The Morgan fingerprint density at radius 2 is 1.14 bits per heavy atom. The first-order valence-electron chi connectivity index (χ1n) is 15.3. The van der Waals surface area contributed by atoms with Gasteiger partial charge in [0.2, 0.25) is 0 Å². The van der Waals surface area contributed by atoms with E-state index in [9.17, 15) is 5.26 Å². The molecule has 0 aliphatic rings. The van der Waals surface area contributed by atoms with Crippen LogP contribution in [0.2, 0.25) is 0 Å². The summed E-state index contributed by atoms with van der Waals surface area (Å²) >= 11 is 0. The quantitative estimate of drug-likeness (QED) is 0.158. The van der Waals surface area contributed by atoms with Crippen LogP contribution in [0.25, 0.3) is 65.9 Å². The van der Waals surface area contributed by atoms with Crippen molar-refractivity contribution in [2.45, 2.75) is 0 Å². The van der Waals surface area contributed by atoms with Gasteiger partial charge in [-0.1, -0.05) is 51.6 Å². The third-order valence-corrected chi connectivity index (χ3v) is 10.6. The van der Waals surface area contributed by atoms with Gasteiger partial charge in [0.1, 0.15) is 81.8 Å². The van der Waals surface area contributed by atoms with Crippen LogP contribution >= 0.6 is 0 Å². The van der Waals surface area contributed by atoms with E-state index in [2.05, 4.69) is 99.9 Å². The summed E-state index contributed by atoms with van der Waals surface area (Å²) in [6.45, 7) is 0. The van der Waals surface area contributed by atoms with Crippen molar-refractivity contribution in [2.24, 2.45) is 0 Å². The normalized spacial score (nSPS) is 11.5. The minimum atomic E-state index is 0.603. The van der Waals surface area contributed by atoms with Crippen LogP contribution in [-0.2, 0) is 0 Å². The molecule has 198 valence electrons. The van der Waals surface area contributed by atoms with Crippen LogP contribution in [0.3, 0.4) is 0 Å². The zero-order valence-corrected chi connectivity index (χ0v) is 27.0. The molecular weight excluding hydrogens is 526 g/mol. The summed E-state index contributed by atoms with van der Waals surface area (Å²) in [4.78, 5) is 4.62. The van der Waals surface area contributed by atoms with Crippen molar-refractivity contribution in [1.82, 2.24) is 4.98 Å². The second-order valence-electron chi connectivity index (χ2n) is 12.5. The number of furan rings is 1. The van der Waals surface area contributed by atoms with E-state index in [-0.39, 0.29) is 0 Å². The number of fused-ring (bicyclic) bond motifs is 6. The fourth-order valence-corrected chi connectivity index (χ4v) is 7.60. The number of pyridine rings is 1. The number of nitrogens with zero attached hydrogens (tertiary/aromatic N) is 2. The predicted molar refractivity (Wildman–Crippen MR) is 216 cm³/mol. The lowest BCUT2D eigenvalue weighted by atomic mass is 9.58. The molecule has 0 aliphatic heterocycles. The van der Waals surface area contributed by atoms with Gasteiger partial charge in [0.05, 0.1) is 17.3 Å². The molecule has 0 amide bonds.